The molecule has 0 unspecified atom stereocenters. The van der Waals surface area contributed by atoms with Crippen molar-refractivity contribution < 1.29 is 23.8 Å². The molecular formula is C20H24ClN3O5. The summed E-state index contributed by atoms with van der Waals surface area (Å²) in [5.74, 6) is -0.968. The zero-order valence-electron chi connectivity index (χ0n) is 16.2. The molecule has 0 aliphatic carbocycles. The van der Waals surface area contributed by atoms with Crippen LogP contribution in [0.5, 0.6) is 0 Å². The van der Waals surface area contributed by atoms with E-state index in [0.717, 1.165) is 31.5 Å². The van der Waals surface area contributed by atoms with Crippen molar-refractivity contribution in [1.29, 1.82) is 0 Å². The summed E-state index contributed by atoms with van der Waals surface area (Å²) in [6.07, 6.45) is 1.50. The van der Waals surface area contributed by atoms with E-state index < -0.39 is 17.8 Å². The van der Waals surface area contributed by atoms with Gasteiger partial charge >= 0.3 is 12.0 Å². The molecule has 4 rings (SSSR count). The molecule has 2 N–H and O–H groups in total. The van der Waals surface area contributed by atoms with E-state index in [4.69, 9.17) is 25.8 Å². The van der Waals surface area contributed by atoms with Gasteiger partial charge in [0.15, 0.2) is 5.79 Å². The molecule has 2 fully saturated rings. The van der Waals surface area contributed by atoms with Gasteiger partial charge in [0.05, 0.1) is 31.9 Å². The third-order valence-electron chi connectivity index (χ3n) is 5.55. The SMILES string of the molecule is COC(=O)C1=C(CN2CCC3(CC2)OCCO3)NC(=O)N[C@@H]1c1cccc(Cl)c1. The van der Waals surface area contributed by atoms with Gasteiger partial charge in [0, 0.05) is 43.2 Å². The lowest BCUT2D eigenvalue weighted by atomic mass is 9.94. The predicted octanol–water partition coefficient (Wildman–Crippen LogP) is 1.96. The molecule has 29 heavy (non-hydrogen) atoms. The normalized spacial score (nSPS) is 24.3. The maximum Gasteiger partial charge on any atom is 0.338 e. The Labute approximate surface area is 174 Å². The second kappa shape index (κ2) is 8.31. The van der Waals surface area contributed by atoms with Gasteiger partial charge in [-0.05, 0) is 17.7 Å². The second-order valence-electron chi connectivity index (χ2n) is 7.35. The number of nitrogens with zero attached hydrogens (tertiary/aromatic N) is 1. The molecule has 1 aromatic carbocycles. The Morgan fingerprint density at radius 3 is 2.69 bits per heavy atom. The number of nitrogens with one attached hydrogen (secondary N) is 2. The van der Waals surface area contributed by atoms with Crippen molar-refractivity contribution >= 4 is 23.6 Å². The highest BCUT2D eigenvalue weighted by atomic mass is 35.5. The van der Waals surface area contributed by atoms with Gasteiger partial charge in [0.2, 0.25) is 0 Å². The fourth-order valence-electron chi connectivity index (χ4n) is 4.09. The molecule has 3 aliphatic heterocycles. The van der Waals surface area contributed by atoms with Gasteiger partial charge in [-0.2, -0.15) is 0 Å². The van der Waals surface area contributed by atoms with Gasteiger partial charge in [0.25, 0.3) is 0 Å². The second-order valence-corrected chi connectivity index (χ2v) is 7.79. The van der Waals surface area contributed by atoms with Gasteiger partial charge in [-0.25, -0.2) is 9.59 Å². The summed E-state index contributed by atoms with van der Waals surface area (Å²) in [7, 11) is 1.33. The average molecular weight is 422 g/mol. The quantitative estimate of drug-likeness (QED) is 0.722. The number of hydrogen-bond donors (Lipinski definition) is 2. The average Bonchev–Trinajstić information content (AvgIpc) is 3.17. The zero-order chi connectivity index (χ0) is 20.4. The molecule has 0 aromatic heterocycles. The molecule has 0 saturated carbocycles. The number of hydrogen-bond acceptors (Lipinski definition) is 6. The molecule has 1 atom stereocenters. The third-order valence-corrected chi connectivity index (χ3v) is 5.79. The van der Waals surface area contributed by atoms with Crippen LogP contribution in [0.15, 0.2) is 35.5 Å². The highest BCUT2D eigenvalue weighted by molar-refractivity contribution is 6.30. The summed E-state index contributed by atoms with van der Waals surface area (Å²) in [6.45, 7) is 3.15. The van der Waals surface area contributed by atoms with E-state index in [-0.39, 0.29) is 6.03 Å². The number of ether oxygens (including phenoxy) is 3. The molecule has 3 aliphatic rings. The van der Waals surface area contributed by atoms with Crippen LogP contribution in [-0.2, 0) is 19.0 Å². The number of likely N-dealkylation sites (tertiary alicyclic amines) is 1. The van der Waals surface area contributed by atoms with Crippen LogP contribution in [0.4, 0.5) is 4.79 Å². The number of rotatable bonds is 4. The minimum absolute atomic E-state index is 0.367. The van der Waals surface area contributed by atoms with Crippen molar-refractivity contribution in [2.45, 2.75) is 24.7 Å². The van der Waals surface area contributed by atoms with Crippen LogP contribution in [0.1, 0.15) is 24.4 Å². The summed E-state index contributed by atoms with van der Waals surface area (Å²) < 4.78 is 16.6. The topological polar surface area (TPSA) is 89.1 Å². The van der Waals surface area contributed by atoms with E-state index in [1.165, 1.54) is 7.11 Å². The minimum Gasteiger partial charge on any atom is -0.466 e. The lowest BCUT2D eigenvalue weighted by molar-refractivity contribution is -0.184. The van der Waals surface area contributed by atoms with Crippen molar-refractivity contribution in [1.82, 2.24) is 15.5 Å². The number of urea groups is 1. The number of esters is 1. The molecule has 9 heteroatoms. The molecule has 1 aromatic rings. The smallest absolute Gasteiger partial charge is 0.338 e. The monoisotopic (exact) mass is 421 g/mol. The van der Waals surface area contributed by atoms with Gasteiger partial charge in [0.1, 0.15) is 0 Å². The van der Waals surface area contributed by atoms with Crippen LogP contribution in [0, 0.1) is 0 Å². The largest absolute Gasteiger partial charge is 0.466 e. The first kappa shape index (κ1) is 20.2. The van der Waals surface area contributed by atoms with E-state index in [1.54, 1.807) is 18.2 Å². The Hall–Kier alpha value is -2.13. The lowest BCUT2D eigenvalue weighted by Crippen LogP contribution is -2.51. The van der Waals surface area contributed by atoms with Crippen LogP contribution in [-0.4, -0.2) is 62.6 Å². The first-order valence-electron chi connectivity index (χ1n) is 9.64. The van der Waals surface area contributed by atoms with E-state index in [9.17, 15) is 9.59 Å². The number of carbonyl (C=O) groups excluding carboxylic acids is 2. The van der Waals surface area contributed by atoms with E-state index in [0.29, 0.717) is 36.1 Å². The van der Waals surface area contributed by atoms with E-state index >= 15 is 0 Å². The molecule has 2 amide bonds. The Kier molecular flexibility index (Phi) is 5.78. The Balaban J connectivity index is 1.59. The van der Waals surface area contributed by atoms with Crippen LogP contribution in [0.2, 0.25) is 5.02 Å². The maximum absolute atomic E-state index is 12.6. The number of carbonyl (C=O) groups is 2. The number of piperidine rings is 1. The van der Waals surface area contributed by atoms with Crippen LogP contribution in [0.3, 0.4) is 0 Å². The molecule has 0 bridgehead atoms. The van der Waals surface area contributed by atoms with Gasteiger partial charge in [-0.1, -0.05) is 23.7 Å². The molecule has 8 nitrogen and oxygen atoms in total. The fourth-order valence-corrected chi connectivity index (χ4v) is 4.29. The van der Waals surface area contributed by atoms with Crippen molar-refractivity contribution in [3.05, 3.63) is 46.1 Å². The molecule has 0 radical (unpaired) electrons. The summed E-state index contributed by atoms with van der Waals surface area (Å²) in [4.78, 5) is 27.2. The third kappa shape index (κ3) is 4.25. The predicted molar refractivity (Wildman–Crippen MR) is 105 cm³/mol. The Morgan fingerprint density at radius 1 is 1.31 bits per heavy atom. The molecular weight excluding hydrogens is 398 g/mol. The molecule has 2 saturated heterocycles. The summed E-state index contributed by atoms with van der Waals surface area (Å²) in [5, 5.41) is 6.13. The highest BCUT2D eigenvalue weighted by Gasteiger charge is 2.41. The van der Waals surface area contributed by atoms with Gasteiger partial charge < -0.3 is 24.8 Å². The summed E-state index contributed by atoms with van der Waals surface area (Å²) >= 11 is 6.12. The first-order valence-corrected chi connectivity index (χ1v) is 10.0. The number of amides is 2. The lowest BCUT2D eigenvalue weighted by Gasteiger charge is -2.39. The van der Waals surface area contributed by atoms with E-state index in [2.05, 4.69) is 15.5 Å². The van der Waals surface area contributed by atoms with E-state index in [1.807, 2.05) is 6.07 Å². The van der Waals surface area contributed by atoms with Crippen molar-refractivity contribution in [3.63, 3.8) is 0 Å². The standard InChI is InChI=1S/C20H24ClN3O5/c1-27-18(25)16-15(12-24-7-5-20(6-8-24)28-9-10-29-20)22-19(26)23-17(16)13-3-2-4-14(21)11-13/h2-4,11,17H,5-10,12H2,1H3,(H2,22,23,26)/t17-/m1/s1. The summed E-state index contributed by atoms with van der Waals surface area (Å²) in [6, 6.07) is 6.08. The van der Waals surface area contributed by atoms with Crippen molar-refractivity contribution in [3.8, 4) is 0 Å². The number of methoxy groups -OCH3 is 1. The van der Waals surface area contributed by atoms with Crippen molar-refractivity contribution in [2.75, 3.05) is 40.0 Å². The molecule has 1 spiro atoms. The highest BCUT2D eigenvalue weighted by Crippen LogP contribution is 2.33. The minimum atomic E-state index is -0.637. The van der Waals surface area contributed by atoms with Gasteiger partial charge in [-0.3, -0.25) is 4.90 Å². The number of benzene rings is 1. The first-order chi connectivity index (χ1) is 14.0. The molecule has 3 heterocycles. The van der Waals surface area contributed by atoms with Crippen LogP contribution >= 0.6 is 11.6 Å². The maximum atomic E-state index is 12.6. The van der Waals surface area contributed by atoms with Crippen LogP contribution in [0.25, 0.3) is 0 Å². The summed E-state index contributed by atoms with van der Waals surface area (Å²) in [5.41, 5.74) is 1.63. The van der Waals surface area contributed by atoms with Crippen LogP contribution < -0.4 is 10.6 Å². The van der Waals surface area contributed by atoms with Gasteiger partial charge in [-0.15, -0.1) is 0 Å². The van der Waals surface area contributed by atoms with Crippen molar-refractivity contribution in [2.24, 2.45) is 0 Å². The number of halogens is 1. The fraction of sp³-hybridized carbons (Fsp3) is 0.500. The zero-order valence-corrected chi connectivity index (χ0v) is 17.0. The Bertz CT molecular complexity index is 827. The molecule has 156 valence electrons. The Morgan fingerprint density at radius 2 is 2.03 bits per heavy atom.